The van der Waals surface area contributed by atoms with Crippen LogP contribution in [-0.4, -0.2) is 17.2 Å². The SMILES string of the molecule is CCC=CC(C)OC(=O)c1ccccc1O. The lowest BCUT2D eigenvalue weighted by molar-refractivity contribution is 0.0421. The van der Waals surface area contributed by atoms with Crippen LogP contribution < -0.4 is 0 Å². The molecule has 3 nitrogen and oxygen atoms in total. The van der Waals surface area contributed by atoms with E-state index in [4.69, 9.17) is 4.74 Å². The summed E-state index contributed by atoms with van der Waals surface area (Å²) in [5, 5.41) is 9.45. The van der Waals surface area contributed by atoms with Gasteiger partial charge in [-0.2, -0.15) is 0 Å². The monoisotopic (exact) mass is 220 g/mol. The van der Waals surface area contributed by atoms with Crippen molar-refractivity contribution >= 4 is 5.97 Å². The molecule has 1 rings (SSSR count). The molecule has 0 aromatic heterocycles. The number of para-hydroxylation sites is 1. The van der Waals surface area contributed by atoms with Crippen LogP contribution in [0, 0.1) is 0 Å². The lowest BCUT2D eigenvalue weighted by atomic mass is 10.2. The third-order valence-corrected chi connectivity index (χ3v) is 2.06. The molecule has 0 amide bonds. The van der Waals surface area contributed by atoms with Crippen molar-refractivity contribution in [2.75, 3.05) is 0 Å². The molecule has 86 valence electrons. The van der Waals surface area contributed by atoms with Crippen molar-refractivity contribution in [3.05, 3.63) is 42.0 Å². The number of carbonyl (C=O) groups excluding carboxylic acids is 1. The zero-order valence-electron chi connectivity index (χ0n) is 9.51. The molecule has 0 radical (unpaired) electrons. The van der Waals surface area contributed by atoms with Crippen LogP contribution >= 0.6 is 0 Å². The lowest BCUT2D eigenvalue weighted by Crippen LogP contribution is -2.12. The summed E-state index contributed by atoms with van der Waals surface area (Å²) in [6.45, 7) is 3.79. The Morgan fingerprint density at radius 2 is 2.19 bits per heavy atom. The standard InChI is InChI=1S/C13H16O3/c1-3-4-7-10(2)16-13(15)11-8-5-6-9-12(11)14/h4-10,14H,3H2,1-2H3. The van der Waals surface area contributed by atoms with Gasteiger partial charge in [0.15, 0.2) is 0 Å². The fraction of sp³-hybridized carbons (Fsp3) is 0.308. The highest BCUT2D eigenvalue weighted by Crippen LogP contribution is 2.17. The quantitative estimate of drug-likeness (QED) is 0.627. The van der Waals surface area contributed by atoms with Gasteiger partial charge in [0.1, 0.15) is 17.4 Å². The second-order valence-corrected chi connectivity index (χ2v) is 3.46. The molecule has 0 aliphatic rings. The average molecular weight is 220 g/mol. The Morgan fingerprint density at radius 3 is 2.81 bits per heavy atom. The number of hydrogen-bond donors (Lipinski definition) is 1. The smallest absolute Gasteiger partial charge is 0.342 e. The molecule has 1 aromatic rings. The number of phenols is 1. The Balaban J connectivity index is 2.66. The molecule has 1 atom stereocenters. The number of rotatable bonds is 4. The Bertz CT molecular complexity index is 383. The minimum atomic E-state index is -0.508. The first-order chi connectivity index (χ1) is 7.65. The maximum absolute atomic E-state index is 11.6. The van der Waals surface area contributed by atoms with E-state index in [1.54, 1.807) is 19.1 Å². The normalized spacial score (nSPS) is 12.6. The van der Waals surface area contributed by atoms with Crippen molar-refractivity contribution in [2.45, 2.75) is 26.4 Å². The molecule has 0 saturated carbocycles. The predicted octanol–water partition coefficient (Wildman–Crippen LogP) is 2.90. The number of phenolic OH excluding ortho intramolecular Hbond substituents is 1. The zero-order valence-corrected chi connectivity index (χ0v) is 9.51. The number of ether oxygens (including phenoxy) is 1. The summed E-state index contributed by atoms with van der Waals surface area (Å²) in [5.41, 5.74) is 0.194. The number of hydrogen-bond acceptors (Lipinski definition) is 3. The van der Waals surface area contributed by atoms with E-state index in [2.05, 4.69) is 0 Å². The maximum atomic E-state index is 11.6. The zero-order chi connectivity index (χ0) is 12.0. The first kappa shape index (κ1) is 12.3. The topological polar surface area (TPSA) is 46.5 Å². The third-order valence-electron chi connectivity index (χ3n) is 2.06. The van der Waals surface area contributed by atoms with Crippen molar-refractivity contribution in [1.29, 1.82) is 0 Å². The highest BCUT2D eigenvalue weighted by Gasteiger charge is 2.13. The first-order valence-corrected chi connectivity index (χ1v) is 5.30. The Labute approximate surface area is 95.4 Å². The Kier molecular flexibility index (Phi) is 4.58. The largest absolute Gasteiger partial charge is 0.507 e. The van der Waals surface area contributed by atoms with Gasteiger partial charge in [-0.25, -0.2) is 4.79 Å². The van der Waals surface area contributed by atoms with Gasteiger partial charge < -0.3 is 9.84 Å². The molecule has 16 heavy (non-hydrogen) atoms. The molecular formula is C13H16O3. The fourth-order valence-electron chi connectivity index (χ4n) is 1.25. The van der Waals surface area contributed by atoms with Gasteiger partial charge in [0.25, 0.3) is 0 Å². The molecule has 0 aliphatic heterocycles. The number of carbonyl (C=O) groups is 1. The highest BCUT2D eigenvalue weighted by atomic mass is 16.5. The summed E-state index contributed by atoms with van der Waals surface area (Å²) in [6, 6.07) is 6.34. The van der Waals surface area contributed by atoms with Crippen molar-refractivity contribution in [2.24, 2.45) is 0 Å². The molecule has 0 spiro atoms. The van der Waals surface area contributed by atoms with Gasteiger partial charge >= 0.3 is 5.97 Å². The van der Waals surface area contributed by atoms with E-state index in [0.717, 1.165) is 6.42 Å². The van der Waals surface area contributed by atoms with Gasteiger partial charge in [0, 0.05) is 0 Å². The summed E-state index contributed by atoms with van der Waals surface area (Å²) in [7, 11) is 0. The molecule has 0 fully saturated rings. The number of esters is 1. The molecule has 0 bridgehead atoms. The molecule has 1 unspecified atom stereocenters. The summed E-state index contributed by atoms with van der Waals surface area (Å²) in [6.07, 6.45) is 4.37. The molecule has 0 aliphatic carbocycles. The summed E-state index contributed by atoms with van der Waals surface area (Å²) >= 11 is 0. The van der Waals surface area contributed by atoms with Gasteiger partial charge in [-0.3, -0.25) is 0 Å². The Morgan fingerprint density at radius 1 is 1.50 bits per heavy atom. The summed E-state index contributed by atoms with van der Waals surface area (Å²) in [5.74, 6) is -0.564. The molecule has 0 saturated heterocycles. The van der Waals surface area contributed by atoms with Gasteiger partial charge in [-0.15, -0.1) is 0 Å². The van der Waals surface area contributed by atoms with Crippen LogP contribution in [0.5, 0.6) is 5.75 Å². The number of benzene rings is 1. The molecule has 3 heteroatoms. The predicted molar refractivity (Wildman–Crippen MR) is 62.4 cm³/mol. The minimum absolute atomic E-state index is 0.0563. The van der Waals surface area contributed by atoms with E-state index in [1.165, 1.54) is 12.1 Å². The van der Waals surface area contributed by atoms with Gasteiger partial charge in [0.2, 0.25) is 0 Å². The van der Waals surface area contributed by atoms with E-state index < -0.39 is 5.97 Å². The van der Waals surface area contributed by atoms with Crippen LogP contribution in [0.2, 0.25) is 0 Å². The number of allylic oxidation sites excluding steroid dienone is 1. The van der Waals surface area contributed by atoms with Crippen molar-refractivity contribution in [1.82, 2.24) is 0 Å². The number of aromatic hydroxyl groups is 1. The second kappa shape index (κ2) is 5.95. The van der Waals surface area contributed by atoms with Gasteiger partial charge in [-0.05, 0) is 31.6 Å². The molecule has 0 heterocycles. The fourth-order valence-corrected chi connectivity index (χ4v) is 1.25. The Hall–Kier alpha value is -1.77. The van der Waals surface area contributed by atoms with E-state index in [0.29, 0.717) is 0 Å². The van der Waals surface area contributed by atoms with Crippen LogP contribution in [0.4, 0.5) is 0 Å². The van der Waals surface area contributed by atoms with Gasteiger partial charge in [-0.1, -0.05) is 25.1 Å². The van der Waals surface area contributed by atoms with Crippen molar-refractivity contribution < 1.29 is 14.6 Å². The minimum Gasteiger partial charge on any atom is -0.507 e. The molecular weight excluding hydrogens is 204 g/mol. The molecule has 1 N–H and O–H groups in total. The first-order valence-electron chi connectivity index (χ1n) is 5.30. The van der Waals surface area contributed by atoms with Crippen LogP contribution in [0.3, 0.4) is 0 Å². The maximum Gasteiger partial charge on any atom is 0.342 e. The van der Waals surface area contributed by atoms with Crippen molar-refractivity contribution in [3.63, 3.8) is 0 Å². The average Bonchev–Trinajstić information content (AvgIpc) is 2.26. The van der Waals surface area contributed by atoms with E-state index in [1.807, 2.05) is 19.1 Å². The van der Waals surface area contributed by atoms with Gasteiger partial charge in [0.05, 0.1) is 0 Å². The van der Waals surface area contributed by atoms with Crippen LogP contribution in [0.15, 0.2) is 36.4 Å². The van der Waals surface area contributed by atoms with E-state index in [-0.39, 0.29) is 17.4 Å². The van der Waals surface area contributed by atoms with Crippen LogP contribution in [0.1, 0.15) is 30.6 Å². The van der Waals surface area contributed by atoms with Crippen molar-refractivity contribution in [3.8, 4) is 5.75 Å². The van der Waals surface area contributed by atoms with Crippen LogP contribution in [0.25, 0.3) is 0 Å². The van der Waals surface area contributed by atoms with E-state index in [9.17, 15) is 9.90 Å². The second-order valence-electron chi connectivity index (χ2n) is 3.46. The van der Waals surface area contributed by atoms with E-state index >= 15 is 0 Å². The lowest BCUT2D eigenvalue weighted by Gasteiger charge is -2.09. The van der Waals surface area contributed by atoms with Crippen LogP contribution in [-0.2, 0) is 4.74 Å². The summed E-state index contributed by atoms with van der Waals surface area (Å²) in [4.78, 5) is 11.6. The summed E-state index contributed by atoms with van der Waals surface area (Å²) < 4.78 is 5.13. The molecule has 1 aromatic carbocycles. The highest BCUT2D eigenvalue weighted by molar-refractivity contribution is 5.92. The third kappa shape index (κ3) is 3.42.